The van der Waals surface area contributed by atoms with Gasteiger partial charge in [-0.1, -0.05) is 48.5 Å². The fourth-order valence-corrected chi connectivity index (χ4v) is 4.25. The average molecular weight is 353 g/mol. The summed E-state index contributed by atoms with van der Waals surface area (Å²) >= 11 is 0. The molecule has 0 amide bonds. The van der Waals surface area contributed by atoms with Crippen LogP contribution in [0.25, 0.3) is 32.3 Å². The van der Waals surface area contributed by atoms with Crippen LogP contribution in [0.5, 0.6) is 0 Å². The maximum absolute atomic E-state index is 11.4. The predicted octanol–water partition coefficient (Wildman–Crippen LogP) is 5.35. The Bertz CT molecular complexity index is 1270. The monoisotopic (exact) mass is 353 g/mol. The first-order valence-electron chi connectivity index (χ1n) is 9.12. The molecule has 3 nitrogen and oxygen atoms in total. The lowest BCUT2D eigenvalue weighted by Crippen LogP contribution is -2.09. The van der Waals surface area contributed by atoms with E-state index in [0.29, 0.717) is 5.56 Å². The first-order valence-corrected chi connectivity index (χ1v) is 9.12. The van der Waals surface area contributed by atoms with Gasteiger partial charge < -0.3 is 10.0 Å². The van der Waals surface area contributed by atoms with Gasteiger partial charge in [0.2, 0.25) is 0 Å². The summed E-state index contributed by atoms with van der Waals surface area (Å²) in [4.78, 5) is 13.6. The van der Waals surface area contributed by atoms with Crippen molar-refractivity contribution in [2.24, 2.45) is 0 Å². The Balaban J connectivity index is 1.84. The van der Waals surface area contributed by atoms with Gasteiger partial charge in [-0.25, -0.2) is 4.79 Å². The van der Waals surface area contributed by atoms with E-state index in [-0.39, 0.29) is 0 Å². The molecule has 4 aromatic carbocycles. The van der Waals surface area contributed by atoms with Crippen LogP contribution in [-0.2, 0) is 13.0 Å². The second-order valence-electron chi connectivity index (χ2n) is 7.27. The number of benzene rings is 4. The van der Waals surface area contributed by atoms with Gasteiger partial charge in [0.05, 0.1) is 5.56 Å². The molecule has 1 aliphatic heterocycles. The predicted molar refractivity (Wildman–Crippen MR) is 110 cm³/mol. The molecule has 3 heteroatoms. The highest BCUT2D eigenvalue weighted by Crippen LogP contribution is 2.35. The van der Waals surface area contributed by atoms with E-state index in [1.54, 1.807) is 12.1 Å². The van der Waals surface area contributed by atoms with Crippen molar-refractivity contribution in [3.63, 3.8) is 0 Å². The third-order valence-electron chi connectivity index (χ3n) is 5.57. The van der Waals surface area contributed by atoms with Gasteiger partial charge in [-0.15, -0.1) is 0 Å². The van der Waals surface area contributed by atoms with Gasteiger partial charge in [0, 0.05) is 13.6 Å². The summed E-state index contributed by atoms with van der Waals surface area (Å²) in [7, 11) is 2.10. The Hall–Kier alpha value is -3.33. The first-order chi connectivity index (χ1) is 13.1. The molecule has 1 aliphatic rings. The van der Waals surface area contributed by atoms with E-state index in [1.165, 1.54) is 27.3 Å². The van der Waals surface area contributed by atoms with Crippen LogP contribution in [-0.4, -0.2) is 23.0 Å². The summed E-state index contributed by atoms with van der Waals surface area (Å²) in [5.74, 6) is -0.893. The normalized spacial score (nSPS) is 13.9. The Morgan fingerprint density at radius 1 is 0.889 bits per heavy atom. The minimum atomic E-state index is -0.893. The van der Waals surface area contributed by atoms with Crippen LogP contribution in [0, 0.1) is 0 Å². The highest BCUT2D eigenvalue weighted by Gasteiger charge is 2.13. The number of carboxylic acids is 1. The number of carbonyl (C=O) groups is 1. The highest BCUT2D eigenvalue weighted by atomic mass is 16.4. The molecule has 5 rings (SSSR count). The van der Waals surface area contributed by atoms with Gasteiger partial charge in [-0.2, -0.15) is 0 Å². The largest absolute Gasteiger partial charge is 0.478 e. The van der Waals surface area contributed by atoms with Crippen LogP contribution in [0.1, 0.15) is 21.5 Å². The summed E-state index contributed by atoms with van der Waals surface area (Å²) in [6.45, 7) is 0.916. The summed E-state index contributed by atoms with van der Waals surface area (Å²) in [5, 5.41) is 16.2. The second kappa shape index (κ2) is 5.85. The Morgan fingerprint density at radius 2 is 1.56 bits per heavy atom. The van der Waals surface area contributed by atoms with Gasteiger partial charge in [0.15, 0.2) is 0 Å². The molecule has 0 spiro atoms. The number of hydrogen-bond donors (Lipinski definition) is 1. The standard InChI is InChI=1S/C24H19NO2/c1-25-12-2-3-18-17(14-25)7-9-20-19(18)10-11-22-21(20)8-6-15-4-5-16(24(26)27)13-23(15)22/h2,4-13H,3,14H2,1H3,(H,26,27). The van der Waals surface area contributed by atoms with Gasteiger partial charge in [0.1, 0.15) is 0 Å². The molecule has 0 saturated heterocycles. The van der Waals surface area contributed by atoms with Crippen molar-refractivity contribution in [1.29, 1.82) is 0 Å². The number of rotatable bonds is 1. The highest BCUT2D eigenvalue weighted by molar-refractivity contribution is 6.18. The van der Waals surface area contributed by atoms with E-state index < -0.39 is 5.97 Å². The molecule has 0 bridgehead atoms. The lowest BCUT2D eigenvalue weighted by Gasteiger charge is -2.16. The van der Waals surface area contributed by atoms with Crippen molar-refractivity contribution in [2.45, 2.75) is 13.0 Å². The van der Waals surface area contributed by atoms with Crippen molar-refractivity contribution in [1.82, 2.24) is 4.90 Å². The molecule has 0 unspecified atom stereocenters. The zero-order chi connectivity index (χ0) is 18.5. The second-order valence-corrected chi connectivity index (χ2v) is 7.27. The summed E-state index contributed by atoms with van der Waals surface area (Å²) in [6, 6.07) is 18.4. The maximum atomic E-state index is 11.4. The van der Waals surface area contributed by atoms with Gasteiger partial charge in [0.25, 0.3) is 0 Å². The fourth-order valence-electron chi connectivity index (χ4n) is 4.25. The Labute approximate surface area is 157 Å². The number of nitrogens with zero attached hydrogens (tertiary/aromatic N) is 1. The minimum absolute atomic E-state index is 0.324. The molecule has 0 saturated carbocycles. The quantitative estimate of drug-likeness (QED) is 0.469. The number of hydrogen-bond acceptors (Lipinski definition) is 2. The molecule has 27 heavy (non-hydrogen) atoms. The number of allylic oxidation sites excluding steroid dienone is 1. The third kappa shape index (κ3) is 2.47. The van der Waals surface area contributed by atoms with E-state index in [2.05, 4.69) is 60.6 Å². The fraction of sp³-hybridized carbons (Fsp3) is 0.125. The Morgan fingerprint density at radius 3 is 2.41 bits per heavy atom. The van der Waals surface area contributed by atoms with E-state index >= 15 is 0 Å². The van der Waals surface area contributed by atoms with Gasteiger partial charge in [-0.05, 0) is 68.2 Å². The van der Waals surface area contributed by atoms with E-state index in [9.17, 15) is 9.90 Å². The van der Waals surface area contributed by atoms with Crippen LogP contribution in [0.15, 0.2) is 66.9 Å². The molecular formula is C24H19NO2. The summed E-state index contributed by atoms with van der Waals surface area (Å²) in [6.07, 6.45) is 5.29. The third-order valence-corrected chi connectivity index (χ3v) is 5.57. The van der Waals surface area contributed by atoms with Crippen LogP contribution >= 0.6 is 0 Å². The van der Waals surface area contributed by atoms with Crippen LogP contribution in [0.4, 0.5) is 0 Å². The van der Waals surface area contributed by atoms with Crippen molar-refractivity contribution in [2.75, 3.05) is 7.05 Å². The zero-order valence-electron chi connectivity index (χ0n) is 15.1. The number of aromatic carboxylic acids is 1. The molecular weight excluding hydrogens is 334 g/mol. The van der Waals surface area contributed by atoms with E-state index in [4.69, 9.17) is 0 Å². The van der Waals surface area contributed by atoms with Crippen LogP contribution in [0.2, 0.25) is 0 Å². The lowest BCUT2D eigenvalue weighted by molar-refractivity contribution is 0.0697. The first kappa shape index (κ1) is 15.9. The number of fused-ring (bicyclic) bond motifs is 7. The van der Waals surface area contributed by atoms with E-state index in [0.717, 1.165) is 29.1 Å². The zero-order valence-corrected chi connectivity index (χ0v) is 15.1. The van der Waals surface area contributed by atoms with Crippen LogP contribution in [0.3, 0.4) is 0 Å². The SMILES string of the molecule is CN1C=CCc2c(ccc3c2ccc2c4cc(C(=O)O)ccc4ccc32)C1. The molecule has 0 aliphatic carbocycles. The summed E-state index contributed by atoms with van der Waals surface area (Å²) in [5.41, 5.74) is 3.07. The van der Waals surface area contributed by atoms with Crippen molar-refractivity contribution in [3.8, 4) is 0 Å². The molecule has 0 fully saturated rings. The smallest absolute Gasteiger partial charge is 0.335 e. The minimum Gasteiger partial charge on any atom is -0.478 e. The molecule has 1 heterocycles. The van der Waals surface area contributed by atoms with Crippen molar-refractivity contribution in [3.05, 3.63) is 83.6 Å². The maximum Gasteiger partial charge on any atom is 0.335 e. The molecule has 0 aromatic heterocycles. The molecule has 0 radical (unpaired) electrons. The Kier molecular flexibility index (Phi) is 3.44. The molecule has 4 aromatic rings. The topological polar surface area (TPSA) is 40.5 Å². The molecule has 0 atom stereocenters. The number of carboxylic acid groups (broad SMARTS) is 1. The van der Waals surface area contributed by atoms with Gasteiger partial charge >= 0.3 is 5.97 Å². The molecule has 1 N–H and O–H groups in total. The van der Waals surface area contributed by atoms with E-state index in [1.807, 2.05) is 6.07 Å². The van der Waals surface area contributed by atoms with Crippen LogP contribution < -0.4 is 0 Å². The lowest BCUT2D eigenvalue weighted by atomic mass is 9.91. The summed E-state index contributed by atoms with van der Waals surface area (Å²) < 4.78 is 0. The van der Waals surface area contributed by atoms with Crippen molar-refractivity contribution < 1.29 is 9.90 Å². The molecule has 132 valence electrons. The van der Waals surface area contributed by atoms with Crippen molar-refractivity contribution >= 4 is 38.3 Å². The average Bonchev–Trinajstić information content (AvgIpc) is 2.87. The van der Waals surface area contributed by atoms with Gasteiger partial charge in [-0.3, -0.25) is 0 Å².